The van der Waals surface area contributed by atoms with Gasteiger partial charge < -0.3 is 20.5 Å². The predicted octanol–water partition coefficient (Wildman–Crippen LogP) is -0.358. The second-order valence-electron chi connectivity index (χ2n) is 4.20. The van der Waals surface area contributed by atoms with Crippen molar-refractivity contribution in [2.24, 2.45) is 0 Å². The zero-order valence-electron chi connectivity index (χ0n) is 10.1. The van der Waals surface area contributed by atoms with Crippen molar-refractivity contribution in [3.8, 4) is 0 Å². The van der Waals surface area contributed by atoms with Crippen molar-refractivity contribution in [2.45, 2.75) is 38.3 Å². The van der Waals surface area contributed by atoms with Gasteiger partial charge in [-0.2, -0.15) is 0 Å². The first-order chi connectivity index (χ1) is 7.67. The lowest BCUT2D eigenvalue weighted by Gasteiger charge is -2.33. The largest absolute Gasteiger partial charge is 0.394 e. The number of carbonyl (C=O) groups is 1. The van der Waals surface area contributed by atoms with Crippen molar-refractivity contribution >= 4 is 5.91 Å². The summed E-state index contributed by atoms with van der Waals surface area (Å²) >= 11 is 0. The molecule has 1 atom stereocenters. The lowest BCUT2D eigenvalue weighted by Crippen LogP contribution is -2.57. The van der Waals surface area contributed by atoms with Crippen molar-refractivity contribution in [1.82, 2.24) is 10.6 Å². The quantitative estimate of drug-likeness (QED) is 0.603. The Labute approximate surface area is 96.6 Å². The number of morpholine rings is 1. The molecule has 1 unspecified atom stereocenters. The van der Waals surface area contributed by atoms with Crippen LogP contribution in [0, 0.1) is 0 Å². The predicted molar refractivity (Wildman–Crippen MR) is 61.2 cm³/mol. The molecule has 0 radical (unpaired) electrons. The Morgan fingerprint density at radius 2 is 2.25 bits per heavy atom. The number of aliphatic hydroxyl groups excluding tert-OH is 1. The second kappa shape index (κ2) is 6.18. The highest BCUT2D eigenvalue weighted by atomic mass is 16.5. The lowest BCUT2D eigenvalue weighted by atomic mass is 9.93. The molecular formula is C11H22N2O3. The maximum absolute atomic E-state index is 11.9. The zero-order valence-corrected chi connectivity index (χ0v) is 10.1. The van der Waals surface area contributed by atoms with Crippen LogP contribution in [0.25, 0.3) is 0 Å². The minimum absolute atomic E-state index is 0.0358. The van der Waals surface area contributed by atoms with Crippen LogP contribution in [0.5, 0.6) is 0 Å². The molecule has 0 bridgehead atoms. The highest BCUT2D eigenvalue weighted by Crippen LogP contribution is 2.14. The summed E-state index contributed by atoms with van der Waals surface area (Å²) in [6.45, 7) is 5.77. The molecule has 0 aliphatic carbocycles. The average Bonchev–Trinajstić information content (AvgIpc) is 2.37. The number of hydrogen-bond donors (Lipinski definition) is 3. The fourth-order valence-corrected chi connectivity index (χ4v) is 1.77. The van der Waals surface area contributed by atoms with Gasteiger partial charge >= 0.3 is 0 Å². The van der Waals surface area contributed by atoms with E-state index in [-0.39, 0.29) is 12.5 Å². The van der Waals surface area contributed by atoms with E-state index in [0.717, 1.165) is 6.54 Å². The smallest absolute Gasteiger partial charge is 0.250 e. The molecule has 1 saturated heterocycles. The molecule has 0 aromatic rings. The van der Waals surface area contributed by atoms with Gasteiger partial charge in [-0.25, -0.2) is 0 Å². The van der Waals surface area contributed by atoms with Crippen LogP contribution in [0.4, 0.5) is 0 Å². The van der Waals surface area contributed by atoms with E-state index >= 15 is 0 Å². The Morgan fingerprint density at radius 3 is 2.69 bits per heavy atom. The minimum atomic E-state index is -0.502. The minimum Gasteiger partial charge on any atom is -0.394 e. The molecule has 5 heteroatoms. The van der Waals surface area contributed by atoms with Crippen LogP contribution in [0.3, 0.4) is 0 Å². The fraction of sp³-hybridized carbons (Fsp3) is 0.909. The van der Waals surface area contributed by atoms with E-state index in [1.807, 2.05) is 13.8 Å². The lowest BCUT2D eigenvalue weighted by molar-refractivity contribution is -0.137. The van der Waals surface area contributed by atoms with Gasteiger partial charge in [-0.05, 0) is 12.8 Å². The third-order valence-corrected chi connectivity index (χ3v) is 3.26. The Balaban J connectivity index is 2.53. The molecule has 0 aromatic heterocycles. The summed E-state index contributed by atoms with van der Waals surface area (Å²) in [5.74, 6) is -0.134. The van der Waals surface area contributed by atoms with Gasteiger partial charge in [-0.3, -0.25) is 4.79 Å². The molecule has 1 heterocycles. The maximum atomic E-state index is 11.9. The summed E-state index contributed by atoms with van der Waals surface area (Å²) in [6, 6.07) is 0. The van der Waals surface area contributed by atoms with Gasteiger partial charge in [0, 0.05) is 13.1 Å². The fourth-order valence-electron chi connectivity index (χ4n) is 1.77. The molecule has 0 spiro atoms. The van der Waals surface area contributed by atoms with Crippen LogP contribution < -0.4 is 10.6 Å². The van der Waals surface area contributed by atoms with Crippen molar-refractivity contribution in [1.29, 1.82) is 0 Å². The Kier molecular flexibility index (Phi) is 5.18. The highest BCUT2D eigenvalue weighted by molar-refractivity contribution is 5.81. The Hall–Kier alpha value is -0.650. The van der Waals surface area contributed by atoms with Gasteiger partial charge in [-0.15, -0.1) is 0 Å². The van der Waals surface area contributed by atoms with Crippen molar-refractivity contribution in [3.63, 3.8) is 0 Å². The van der Waals surface area contributed by atoms with Gasteiger partial charge in [0.15, 0.2) is 0 Å². The first kappa shape index (κ1) is 13.4. The van der Waals surface area contributed by atoms with Crippen LogP contribution in [0.2, 0.25) is 0 Å². The highest BCUT2D eigenvalue weighted by Gasteiger charge is 2.31. The van der Waals surface area contributed by atoms with Crippen molar-refractivity contribution in [3.05, 3.63) is 0 Å². The summed E-state index contributed by atoms with van der Waals surface area (Å²) < 4.78 is 5.36. The van der Waals surface area contributed by atoms with Gasteiger partial charge in [0.2, 0.25) is 0 Å². The normalized spacial score (nSPS) is 21.8. The number of ether oxygens (including phenoxy) is 1. The second-order valence-corrected chi connectivity index (χ2v) is 4.20. The molecule has 16 heavy (non-hydrogen) atoms. The van der Waals surface area contributed by atoms with E-state index in [4.69, 9.17) is 4.74 Å². The van der Waals surface area contributed by atoms with Gasteiger partial charge in [0.25, 0.3) is 5.91 Å². The zero-order chi connectivity index (χ0) is 12.0. The van der Waals surface area contributed by atoms with Crippen LogP contribution in [0.1, 0.15) is 26.7 Å². The Bertz CT molecular complexity index is 215. The number of rotatable bonds is 5. The van der Waals surface area contributed by atoms with Gasteiger partial charge in [0.1, 0.15) is 6.10 Å². The number of carbonyl (C=O) groups excluding carboxylic acids is 1. The monoisotopic (exact) mass is 230 g/mol. The van der Waals surface area contributed by atoms with E-state index in [0.29, 0.717) is 26.0 Å². The number of aliphatic hydroxyl groups is 1. The number of hydrogen-bond acceptors (Lipinski definition) is 4. The molecule has 3 N–H and O–H groups in total. The topological polar surface area (TPSA) is 70.6 Å². The van der Waals surface area contributed by atoms with E-state index in [2.05, 4.69) is 10.6 Å². The number of amides is 1. The first-order valence-electron chi connectivity index (χ1n) is 5.92. The van der Waals surface area contributed by atoms with Crippen molar-refractivity contribution < 1.29 is 14.6 Å². The van der Waals surface area contributed by atoms with Gasteiger partial charge in [-0.1, -0.05) is 13.8 Å². The van der Waals surface area contributed by atoms with Crippen molar-refractivity contribution in [2.75, 3.05) is 26.3 Å². The molecule has 0 aromatic carbocycles. The SMILES string of the molecule is CCC(CC)(CO)NC(=O)C1CNCCO1. The van der Waals surface area contributed by atoms with Crippen LogP contribution in [-0.4, -0.2) is 49.0 Å². The van der Waals surface area contributed by atoms with Crippen LogP contribution in [-0.2, 0) is 9.53 Å². The average molecular weight is 230 g/mol. The summed E-state index contributed by atoms with van der Waals surface area (Å²) in [6.07, 6.45) is 0.996. The molecule has 1 aliphatic rings. The molecule has 94 valence electrons. The molecule has 1 amide bonds. The third-order valence-electron chi connectivity index (χ3n) is 3.26. The summed E-state index contributed by atoms with van der Waals surface area (Å²) in [4.78, 5) is 11.9. The molecule has 1 fully saturated rings. The number of nitrogens with one attached hydrogen (secondary N) is 2. The third kappa shape index (κ3) is 3.17. The van der Waals surface area contributed by atoms with E-state index in [1.165, 1.54) is 0 Å². The maximum Gasteiger partial charge on any atom is 0.250 e. The summed E-state index contributed by atoms with van der Waals surface area (Å²) in [5, 5.41) is 15.4. The molecule has 5 nitrogen and oxygen atoms in total. The van der Waals surface area contributed by atoms with Crippen LogP contribution >= 0.6 is 0 Å². The van der Waals surface area contributed by atoms with E-state index < -0.39 is 11.6 Å². The van der Waals surface area contributed by atoms with Gasteiger partial charge in [0.05, 0.1) is 18.8 Å². The van der Waals surface area contributed by atoms with E-state index in [9.17, 15) is 9.90 Å². The Morgan fingerprint density at radius 1 is 1.56 bits per heavy atom. The molecule has 1 rings (SSSR count). The standard InChI is InChI=1S/C11H22N2O3/c1-3-11(4-2,8-14)13-10(15)9-7-12-5-6-16-9/h9,12,14H,3-8H2,1-2H3,(H,13,15). The molecule has 1 aliphatic heterocycles. The summed E-state index contributed by atoms with van der Waals surface area (Å²) in [5.41, 5.74) is -0.502. The first-order valence-corrected chi connectivity index (χ1v) is 5.92. The molecule has 0 saturated carbocycles. The summed E-state index contributed by atoms with van der Waals surface area (Å²) in [7, 11) is 0. The van der Waals surface area contributed by atoms with E-state index in [1.54, 1.807) is 0 Å². The molecular weight excluding hydrogens is 208 g/mol. The van der Waals surface area contributed by atoms with Crippen LogP contribution in [0.15, 0.2) is 0 Å².